The Morgan fingerprint density at radius 3 is 2.61 bits per heavy atom. The van der Waals surface area contributed by atoms with E-state index in [4.69, 9.17) is 4.74 Å². The Morgan fingerprint density at radius 2 is 1.82 bits per heavy atom. The number of pyridine rings is 1. The maximum atomic E-state index is 13.5. The molecule has 1 aliphatic rings. The lowest BCUT2D eigenvalue weighted by Crippen LogP contribution is -2.25. The molecule has 0 saturated heterocycles. The third-order valence-electron chi connectivity index (χ3n) is 4.87. The summed E-state index contributed by atoms with van der Waals surface area (Å²) in [7, 11) is 0. The van der Waals surface area contributed by atoms with Gasteiger partial charge in [0.2, 0.25) is 0 Å². The molecule has 6 heteroatoms. The Hall–Kier alpha value is -2.83. The minimum Gasteiger partial charge on any atom is -0.492 e. The molecule has 1 atom stereocenters. The number of hydrogen-bond acceptors (Lipinski definition) is 4. The summed E-state index contributed by atoms with van der Waals surface area (Å²) < 4.78 is 32.5. The van der Waals surface area contributed by atoms with Crippen LogP contribution in [0.15, 0.2) is 60.9 Å². The molecule has 0 saturated carbocycles. The maximum absolute atomic E-state index is 13.5. The molecule has 0 fully saturated rings. The van der Waals surface area contributed by atoms with Crippen LogP contribution in [0.25, 0.3) is 0 Å². The summed E-state index contributed by atoms with van der Waals surface area (Å²) in [5.41, 5.74) is 3.19. The first-order chi connectivity index (χ1) is 13.6. The van der Waals surface area contributed by atoms with Crippen LogP contribution < -0.4 is 4.74 Å². The number of nitrogens with zero attached hydrogens (tertiary/aromatic N) is 2. The number of benzene rings is 2. The highest BCUT2D eigenvalue weighted by atomic mass is 19.2. The van der Waals surface area contributed by atoms with E-state index in [-0.39, 0.29) is 0 Å². The molecule has 4 nitrogen and oxygen atoms in total. The number of aromatic nitrogens is 1. The van der Waals surface area contributed by atoms with Crippen molar-refractivity contribution in [2.75, 3.05) is 13.2 Å². The molecule has 1 aliphatic heterocycles. The highest BCUT2D eigenvalue weighted by Crippen LogP contribution is 2.30. The third kappa shape index (κ3) is 4.03. The van der Waals surface area contributed by atoms with E-state index >= 15 is 0 Å². The van der Waals surface area contributed by atoms with Crippen molar-refractivity contribution in [3.63, 3.8) is 0 Å². The molecule has 1 aromatic heterocycles. The first-order valence-electron chi connectivity index (χ1n) is 9.10. The van der Waals surface area contributed by atoms with Crippen molar-refractivity contribution in [1.29, 1.82) is 0 Å². The molecule has 2 aromatic carbocycles. The van der Waals surface area contributed by atoms with Gasteiger partial charge in [-0.25, -0.2) is 8.78 Å². The van der Waals surface area contributed by atoms with Gasteiger partial charge in [0.25, 0.3) is 0 Å². The molecule has 1 N–H and O–H groups in total. The van der Waals surface area contributed by atoms with E-state index in [1.165, 1.54) is 6.07 Å². The Bertz CT molecular complexity index is 966. The van der Waals surface area contributed by atoms with Gasteiger partial charge in [-0.05, 0) is 53.1 Å². The van der Waals surface area contributed by atoms with Gasteiger partial charge in [-0.15, -0.1) is 0 Å². The van der Waals surface area contributed by atoms with Crippen molar-refractivity contribution in [2.24, 2.45) is 0 Å². The molecule has 0 aliphatic carbocycles. The fourth-order valence-corrected chi connectivity index (χ4v) is 3.41. The van der Waals surface area contributed by atoms with Crippen molar-refractivity contribution in [3.05, 3.63) is 94.8 Å². The molecule has 3 aromatic rings. The number of aliphatic hydroxyl groups is 1. The monoisotopic (exact) mass is 382 g/mol. The SMILES string of the molecule is OC(c1ccncc1)c1ccc2c(c1)CN(Cc1ccc(F)c(F)c1)CCO2. The fraction of sp³-hybridized carbons (Fsp3) is 0.227. The van der Waals surface area contributed by atoms with Crippen LogP contribution in [-0.4, -0.2) is 28.1 Å². The van der Waals surface area contributed by atoms with Crippen LogP contribution in [0.2, 0.25) is 0 Å². The predicted molar refractivity (Wildman–Crippen MR) is 101 cm³/mol. The maximum Gasteiger partial charge on any atom is 0.159 e. The van der Waals surface area contributed by atoms with Crippen molar-refractivity contribution in [3.8, 4) is 5.75 Å². The van der Waals surface area contributed by atoms with Crippen molar-refractivity contribution in [2.45, 2.75) is 19.2 Å². The van der Waals surface area contributed by atoms with Gasteiger partial charge >= 0.3 is 0 Å². The average Bonchev–Trinajstić information content (AvgIpc) is 2.92. The van der Waals surface area contributed by atoms with Crippen molar-refractivity contribution >= 4 is 0 Å². The number of hydrogen-bond donors (Lipinski definition) is 1. The van der Waals surface area contributed by atoms with Crippen LogP contribution in [0.3, 0.4) is 0 Å². The fourth-order valence-electron chi connectivity index (χ4n) is 3.41. The molecule has 4 rings (SSSR count). The minimum absolute atomic E-state index is 0.483. The third-order valence-corrected chi connectivity index (χ3v) is 4.87. The standard InChI is InChI=1S/C22H20F2N2O2/c23-19-3-1-15(11-20(19)24)13-26-9-10-28-21-4-2-17(12-18(21)14-26)22(27)16-5-7-25-8-6-16/h1-8,11-12,22,27H,9-10,13-14H2. The summed E-state index contributed by atoms with van der Waals surface area (Å²) in [5, 5.41) is 10.7. The second kappa shape index (κ2) is 8.04. The van der Waals surface area contributed by atoms with E-state index < -0.39 is 17.7 Å². The summed E-state index contributed by atoms with van der Waals surface area (Å²) in [6.07, 6.45) is 2.54. The summed E-state index contributed by atoms with van der Waals surface area (Å²) >= 11 is 0. The lowest BCUT2D eigenvalue weighted by Gasteiger charge is -2.20. The van der Waals surface area contributed by atoms with E-state index in [1.54, 1.807) is 30.6 Å². The van der Waals surface area contributed by atoms with E-state index in [0.29, 0.717) is 31.8 Å². The number of halogens is 2. The molecule has 28 heavy (non-hydrogen) atoms. The first-order valence-corrected chi connectivity index (χ1v) is 9.10. The molecule has 1 unspecified atom stereocenters. The van der Waals surface area contributed by atoms with Crippen LogP contribution in [-0.2, 0) is 13.1 Å². The number of aliphatic hydroxyl groups excluding tert-OH is 1. The summed E-state index contributed by atoms with van der Waals surface area (Å²) in [5.74, 6) is -0.909. The van der Waals surface area contributed by atoms with Crippen LogP contribution in [0.5, 0.6) is 5.75 Å². The van der Waals surface area contributed by atoms with E-state index in [1.807, 2.05) is 18.2 Å². The lowest BCUT2D eigenvalue weighted by atomic mass is 10.00. The zero-order chi connectivity index (χ0) is 19.5. The second-order valence-corrected chi connectivity index (χ2v) is 6.86. The van der Waals surface area contributed by atoms with Crippen molar-refractivity contribution in [1.82, 2.24) is 9.88 Å². The summed E-state index contributed by atoms with van der Waals surface area (Å²) in [6, 6.07) is 13.2. The topological polar surface area (TPSA) is 45.6 Å². The van der Waals surface area contributed by atoms with Crippen LogP contribution in [0.4, 0.5) is 8.78 Å². The van der Waals surface area contributed by atoms with Crippen LogP contribution in [0.1, 0.15) is 28.4 Å². The van der Waals surface area contributed by atoms with Gasteiger partial charge in [-0.3, -0.25) is 9.88 Å². The quantitative estimate of drug-likeness (QED) is 0.745. The molecule has 0 bridgehead atoms. The first kappa shape index (κ1) is 18.5. The summed E-state index contributed by atoms with van der Waals surface area (Å²) in [6.45, 7) is 2.24. The highest BCUT2D eigenvalue weighted by Gasteiger charge is 2.19. The predicted octanol–water partition coefficient (Wildman–Crippen LogP) is 3.84. The van der Waals surface area contributed by atoms with Gasteiger partial charge in [0.1, 0.15) is 18.5 Å². The van der Waals surface area contributed by atoms with Gasteiger partial charge in [-0.2, -0.15) is 0 Å². The molecular formula is C22H20F2N2O2. The highest BCUT2D eigenvalue weighted by molar-refractivity contribution is 5.41. The smallest absolute Gasteiger partial charge is 0.159 e. The Morgan fingerprint density at radius 1 is 1.00 bits per heavy atom. The largest absolute Gasteiger partial charge is 0.492 e. The van der Waals surface area contributed by atoms with Crippen LogP contribution >= 0.6 is 0 Å². The number of ether oxygens (including phenoxy) is 1. The van der Waals surface area contributed by atoms with E-state index in [2.05, 4.69) is 9.88 Å². The summed E-state index contributed by atoms with van der Waals surface area (Å²) in [4.78, 5) is 6.09. The van der Waals surface area contributed by atoms with E-state index in [9.17, 15) is 13.9 Å². The second-order valence-electron chi connectivity index (χ2n) is 6.86. The molecular weight excluding hydrogens is 362 g/mol. The lowest BCUT2D eigenvalue weighted by molar-refractivity contribution is 0.218. The zero-order valence-electron chi connectivity index (χ0n) is 15.2. The average molecular weight is 382 g/mol. The molecule has 0 amide bonds. The van der Waals surface area contributed by atoms with Gasteiger partial charge in [0.15, 0.2) is 11.6 Å². The van der Waals surface area contributed by atoms with Gasteiger partial charge in [-0.1, -0.05) is 12.1 Å². The van der Waals surface area contributed by atoms with Crippen LogP contribution in [0, 0.1) is 11.6 Å². The zero-order valence-corrected chi connectivity index (χ0v) is 15.2. The molecule has 2 heterocycles. The Labute approximate surface area is 162 Å². The molecule has 0 spiro atoms. The Balaban J connectivity index is 1.55. The minimum atomic E-state index is -0.844. The van der Waals surface area contributed by atoms with Gasteiger partial charge in [0, 0.05) is 37.6 Å². The number of rotatable bonds is 4. The van der Waals surface area contributed by atoms with Gasteiger partial charge in [0.05, 0.1) is 0 Å². The number of fused-ring (bicyclic) bond motifs is 1. The molecule has 144 valence electrons. The normalized spacial score (nSPS) is 15.4. The molecule has 0 radical (unpaired) electrons. The van der Waals surface area contributed by atoms with E-state index in [0.717, 1.165) is 28.5 Å². The van der Waals surface area contributed by atoms with Crippen molar-refractivity contribution < 1.29 is 18.6 Å². The Kier molecular flexibility index (Phi) is 5.32. The van der Waals surface area contributed by atoms with Gasteiger partial charge < -0.3 is 9.84 Å².